The summed E-state index contributed by atoms with van der Waals surface area (Å²) in [5, 5.41) is 4.56. The smallest absolute Gasteiger partial charge is 0.152 e. The average molecular weight is 376 g/mol. The Balaban J connectivity index is 2.02. The molecule has 20 heavy (non-hydrogen) atoms. The van der Waals surface area contributed by atoms with Crippen LogP contribution in [-0.2, 0) is 9.84 Å². The summed E-state index contributed by atoms with van der Waals surface area (Å²) in [4.78, 5) is 1.03. The van der Waals surface area contributed by atoms with Crippen LogP contribution < -0.4 is 5.73 Å². The fourth-order valence-electron chi connectivity index (χ4n) is 2.45. The van der Waals surface area contributed by atoms with Crippen molar-refractivity contribution in [1.29, 1.82) is 0 Å². The van der Waals surface area contributed by atoms with Crippen LogP contribution in [0.5, 0.6) is 0 Å². The van der Waals surface area contributed by atoms with Gasteiger partial charge in [-0.05, 0) is 41.4 Å². The van der Waals surface area contributed by atoms with Gasteiger partial charge >= 0.3 is 0 Å². The molecule has 0 aromatic carbocycles. The fourth-order valence-corrected chi connectivity index (χ4v) is 5.57. The average Bonchev–Trinajstić information content (AvgIpc) is 3.01. The molecule has 1 aliphatic rings. The second-order valence-corrected chi connectivity index (χ2v) is 9.66. The van der Waals surface area contributed by atoms with Crippen molar-refractivity contribution in [2.24, 2.45) is 0 Å². The summed E-state index contributed by atoms with van der Waals surface area (Å²) in [6.07, 6.45) is 0.585. The summed E-state index contributed by atoms with van der Waals surface area (Å²) >= 11 is 5.02. The van der Waals surface area contributed by atoms with E-state index < -0.39 is 9.84 Å². The maximum atomic E-state index is 11.6. The highest BCUT2D eigenvalue weighted by molar-refractivity contribution is 9.11. The lowest BCUT2D eigenvalue weighted by Crippen LogP contribution is -2.14. The molecule has 0 radical (unpaired) electrons. The second-order valence-electron chi connectivity index (χ2n) is 4.96. The summed E-state index contributed by atoms with van der Waals surface area (Å²) in [7, 11) is -2.95. The van der Waals surface area contributed by atoms with E-state index >= 15 is 0 Å². The van der Waals surface area contributed by atoms with Crippen LogP contribution in [0.15, 0.2) is 15.9 Å². The Labute approximate surface area is 129 Å². The highest BCUT2D eigenvalue weighted by atomic mass is 79.9. The number of nitrogens with zero attached hydrogens (tertiary/aromatic N) is 2. The Kier molecular flexibility index (Phi) is 3.42. The lowest BCUT2D eigenvalue weighted by atomic mass is 10.2. The molecule has 0 aliphatic carbocycles. The van der Waals surface area contributed by atoms with Crippen LogP contribution in [0.3, 0.4) is 0 Å². The van der Waals surface area contributed by atoms with Crippen molar-refractivity contribution in [3.05, 3.63) is 21.5 Å². The maximum absolute atomic E-state index is 11.6. The zero-order valence-electron chi connectivity index (χ0n) is 10.8. The third-order valence-corrected chi connectivity index (χ3v) is 6.94. The van der Waals surface area contributed by atoms with E-state index in [0.29, 0.717) is 12.2 Å². The quantitative estimate of drug-likeness (QED) is 0.874. The van der Waals surface area contributed by atoms with Gasteiger partial charge in [0.05, 0.1) is 26.2 Å². The molecule has 108 valence electrons. The standard InChI is InChI=1S/C12H14BrN3O2S2/c1-7-11(9-2-3-10(13)19-9)15-16(12(7)14)8-4-5-20(17,18)6-8/h2-3,8H,4-6,14H2,1H3. The Morgan fingerprint density at radius 2 is 2.25 bits per heavy atom. The minimum atomic E-state index is -2.95. The number of nitrogen functional groups attached to an aromatic ring is 1. The van der Waals surface area contributed by atoms with Crippen LogP contribution in [-0.4, -0.2) is 29.7 Å². The van der Waals surface area contributed by atoms with Gasteiger partial charge in [0.25, 0.3) is 0 Å². The number of anilines is 1. The molecule has 5 nitrogen and oxygen atoms in total. The molecular formula is C12H14BrN3O2S2. The Morgan fingerprint density at radius 3 is 2.80 bits per heavy atom. The molecule has 1 aliphatic heterocycles. The molecular weight excluding hydrogens is 362 g/mol. The van der Waals surface area contributed by atoms with Crippen LogP contribution >= 0.6 is 27.3 Å². The van der Waals surface area contributed by atoms with Crippen molar-refractivity contribution in [3.8, 4) is 10.6 Å². The van der Waals surface area contributed by atoms with Crippen molar-refractivity contribution in [2.75, 3.05) is 17.2 Å². The van der Waals surface area contributed by atoms with Gasteiger partial charge in [0, 0.05) is 5.56 Å². The molecule has 0 saturated carbocycles. The van der Waals surface area contributed by atoms with E-state index in [9.17, 15) is 8.42 Å². The molecule has 0 spiro atoms. The van der Waals surface area contributed by atoms with E-state index in [1.807, 2.05) is 19.1 Å². The molecule has 1 fully saturated rings. The predicted octanol–water partition coefficient (Wildman–Crippen LogP) is 2.62. The van der Waals surface area contributed by atoms with Gasteiger partial charge in [-0.25, -0.2) is 13.1 Å². The van der Waals surface area contributed by atoms with Crippen molar-refractivity contribution in [1.82, 2.24) is 9.78 Å². The SMILES string of the molecule is Cc1c(-c2ccc(Br)s2)nn(C2CCS(=O)(=O)C2)c1N. The monoisotopic (exact) mass is 375 g/mol. The normalized spacial score (nSPS) is 21.4. The van der Waals surface area contributed by atoms with E-state index in [1.165, 1.54) is 0 Å². The summed E-state index contributed by atoms with van der Waals surface area (Å²) in [5.41, 5.74) is 7.86. The molecule has 8 heteroatoms. The van der Waals surface area contributed by atoms with Gasteiger partial charge in [-0.3, -0.25) is 0 Å². The highest BCUT2D eigenvalue weighted by Crippen LogP contribution is 2.36. The number of rotatable bonds is 2. The third-order valence-electron chi connectivity index (χ3n) is 3.55. The first-order valence-corrected chi connectivity index (χ1v) is 9.61. The lowest BCUT2D eigenvalue weighted by molar-refractivity contribution is 0.508. The summed E-state index contributed by atoms with van der Waals surface area (Å²) in [6, 6.07) is 3.81. The topological polar surface area (TPSA) is 78.0 Å². The van der Waals surface area contributed by atoms with Crippen LogP contribution in [0.2, 0.25) is 0 Å². The molecule has 0 bridgehead atoms. The lowest BCUT2D eigenvalue weighted by Gasteiger charge is -2.10. The van der Waals surface area contributed by atoms with Crippen LogP contribution in [0.25, 0.3) is 10.6 Å². The molecule has 0 amide bonds. The van der Waals surface area contributed by atoms with Crippen molar-refractivity contribution >= 4 is 42.9 Å². The van der Waals surface area contributed by atoms with Gasteiger partial charge in [0.2, 0.25) is 0 Å². The first-order chi connectivity index (χ1) is 9.37. The van der Waals surface area contributed by atoms with Crippen LogP contribution in [0.4, 0.5) is 5.82 Å². The van der Waals surface area contributed by atoms with E-state index in [-0.39, 0.29) is 17.5 Å². The maximum Gasteiger partial charge on any atom is 0.152 e. The van der Waals surface area contributed by atoms with Gasteiger partial charge in [-0.15, -0.1) is 11.3 Å². The van der Waals surface area contributed by atoms with E-state index in [1.54, 1.807) is 16.0 Å². The largest absolute Gasteiger partial charge is 0.384 e. The van der Waals surface area contributed by atoms with Crippen molar-refractivity contribution in [2.45, 2.75) is 19.4 Å². The molecule has 1 unspecified atom stereocenters. The minimum Gasteiger partial charge on any atom is -0.384 e. The Morgan fingerprint density at radius 1 is 1.50 bits per heavy atom. The van der Waals surface area contributed by atoms with Crippen LogP contribution in [0, 0.1) is 6.92 Å². The summed E-state index contributed by atoms with van der Waals surface area (Å²) in [5.74, 6) is 0.911. The molecule has 3 heterocycles. The van der Waals surface area contributed by atoms with Crippen molar-refractivity contribution < 1.29 is 8.42 Å². The first-order valence-electron chi connectivity index (χ1n) is 6.18. The van der Waals surface area contributed by atoms with E-state index in [2.05, 4.69) is 21.0 Å². The van der Waals surface area contributed by atoms with Crippen molar-refractivity contribution in [3.63, 3.8) is 0 Å². The molecule has 2 aromatic heterocycles. The fraction of sp³-hybridized carbons (Fsp3) is 0.417. The number of hydrogen-bond acceptors (Lipinski definition) is 5. The number of hydrogen-bond donors (Lipinski definition) is 1. The van der Waals surface area contributed by atoms with E-state index in [0.717, 1.165) is 19.9 Å². The zero-order chi connectivity index (χ0) is 14.5. The number of nitrogens with two attached hydrogens (primary N) is 1. The van der Waals surface area contributed by atoms with Gasteiger partial charge in [-0.1, -0.05) is 0 Å². The molecule has 2 N–H and O–H groups in total. The molecule has 1 atom stereocenters. The Bertz CT molecular complexity index is 764. The molecule has 2 aromatic rings. The highest BCUT2D eigenvalue weighted by Gasteiger charge is 2.32. The first kappa shape index (κ1) is 14.1. The number of aromatic nitrogens is 2. The van der Waals surface area contributed by atoms with Gasteiger partial charge in [0.1, 0.15) is 11.5 Å². The zero-order valence-corrected chi connectivity index (χ0v) is 14.1. The molecule has 3 rings (SSSR count). The number of thiophene rings is 1. The summed E-state index contributed by atoms with van der Waals surface area (Å²) in [6.45, 7) is 1.92. The number of halogens is 1. The van der Waals surface area contributed by atoms with Gasteiger partial charge in [-0.2, -0.15) is 5.10 Å². The molecule has 1 saturated heterocycles. The predicted molar refractivity (Wildman–Crippen MR) is 84.7 cm³/mol. The number of sulfone groups is 1. The van der Waals surface area contributed by atoms with Gasteiger partial charge in [0.15, 0.2) is 9.84 Å². The Hall–Kier alpha value is -0.860. The van der Waals surface area contributed by atoms with Crippen LogP contribution in [0.1, 0.15) is 18.0 Å². The van der Waals surface area contributed by atoms with E-state index in [4.69, 9.17) is 5.73 Å². The summed E-state index contributed by atoms with van der Waals surface area (Å²) < 4.78 is 25.9. The second kappa shape index (κ2) is 4.85. The minimum absolute atomic E-state index is 0.131. The van der Waals surface area contributed by atoms with Gasteiger partial charge < -0.3 is 5.73 Å². The third kappa shape index (κ3) is 2.40.